The maximum atomic E-state index is 6.67. The average molecular weight is 405 g/mol. The van der Waals surface area contributed by atoms with Crippen LogP contribution in [0.2, 0.25) is 6.04 Å². The first-order valence-electron chi connectivity index (χ1n) is 10.3. The summed E-state index contributed by atoms with van der Waals surface area (Å²) >= 11 is 0. The minimum Gasteiger partial charge on any atom is -0.377 e. The molecular formula is C18H40N4O4Si. The van der Waals surface area contributed by atoms with Crippen molar-refractivity contribution in [3.63, 3.8) is 0 Å². The molecule has 9 heteroatoms. The number of ether oxygens (including phenoxy) is 1. The largest absolute Gasteiger partial charge is 0.501 e. The molecule has 1 aliphatic heterocycles. The lowest BCUT2D eigenvalue weighted by Gasteiger charge is -2.42. The zero-order valence-electron chi connectivity index (χ0n) is 17.0. The Morgan fingerprint density at radius 1 is 0.963 bits per heavy atom. The molecule has 8 N–H and O–H groups in total. The molecular weight excluding hydrogens is 364 g/mol. The molecule has 0 aromatic carbocycles. The van der Waals surface area contributed by atoms with Gasteiger partial charge in [-0.3, -0.25) is 0 Å². The molecule has 0 spiro atoms. The molecule has 1 aliphatic carbocycles. The van der Waals surface area contributed by atoms with Crippen LogP contribution in [-0.2, 0) is 18.0 Å². The van der Waals surface area contributed by atoms with E-state index in [9.17, 15) is 0 Å². The highest BCUT2D eigenvalue weighted by Crippen LogP contribution is 2.44. The Morgan fingerprint density at radius 2 is 1.56 bits per heavy atom. The average Bonchev–Trinajstić information content (AvgIpc) is 3.44. The van der Waals surface area contributed by atoms with Crippen LogP contribution in [0.1, 0.15) is 38.5 Å². The van der Waals surface area contributed by atoms with Crippen LogP contribution in [0, 0.1) is 11.8 Å². The highest BCUT2D eigenvalue weighted by molar-refractivity contribution is 6.60. The standard InChI is InChI=1S/C18H40N4O4Si/c1-23-27(24-2,26-18(5-8-19,6-9-20)7-10-21)13-15(12-22)14-3-4-16-17(11-14)25-16/h14-17H,3-13,19-22H2,1-2H3. The smallest absolute Gasteiger partial charge is 0.377 e. The zero-order valence-corrected chi connectivity index (χ0v) is 18.0. The summed E-state index contributed by atoms with van der Waals surface area (Å²) in [5.41, 5.74) is 23.3. The molecule has 2 fully saturated rings. The van der Waals surface area contributed by atoms with E-state index in [2.05, 4.69) is 0 Å². The predicted octanol–water partition coefficient (Wildman–Crippen LogP) is 0.162. The van der Waals surface area contributed by atoms with Gasteiger partial charge in [0.1, 0.15) is 0 Å². The van der Waals surface area contributed by atoms with Crippen LogP contribution in [0.3, 0.4) is 0 Å². The monoisotopic (exact) mass is 404 g/mol. The minimum atomic E-state index is -2.95. The second kappa shape index (κ2) is 10.6. The molecule has 160 valence electrons. The minimum absolute atomic E-state index is 0.285. The molecule has 27 heavy (non-hydrogen) atoms. The highest BCUT2D eigenvalue weighted by Gasteiger charge is 2.51. The molecule has 0 aromatic rings. The van der Waals surface area contributed by atoms with Gasteiger partial charge in [0.2, 0.25) is 0 Å². The molecule has 0 amide bonds. The van der Waals surface area contributed by atoms with Gasteiger partial charge in [0, 0.05) is 20.3 Å². The van der Waals surface area contributed by atoms with Crippen molar-refractivity contribution in [1.29, 1.82) is 0 Å². The van der Waals surface area contributed by atoms with Crippen molar-refractivity contribution >= 4 is 8.80 Å². The second-order valence-corrected chi connectivity index (χ2v) is 10.8. The van der Waals surface area contributed by atoms with Crippen molar-refractivity contribution in [3.05, 3.63) is 0 Å². The summed E-state index contributed by atoms with van der Waals surface area (Å²) in [6, 6.07) is 0.694. The molecule has 1 saturated carbocycles. The Kier molecular flexibility index (Phi) is 9.11. The van der Waals surface area contributed by atoms with Crippen LogP contribution in [0.15, 0.2) is 0 Å². The third-order valence-corrected chi connectivity index (χ3v) is 9.33. The van der Waals surface area contributed by atoms with E-state index in [1.165, 1.54) is 0 Å². The van der Waals surface area contributed by atoms with E-state index in [0.29, 0.717) is 69.6 Å². The molecule has 0 aromatic heterocycles. The number of rotatable bonds is 14. The second-order valence-electron chi connectivity index (χ2n) is 7.98. The maximum absolute atomic E-state index is 6.67. The number of fused-ring (bicyclic) bond motifs is 1. The number of epoxide rings is 1. The number of hydrogen-bond acceptors (Lipinski definition) is 8. The molecule has 4 unspecified atom stereocenters. The Hall–Kier alpha value is -0.103. The van der Waals surface area contributed by atoms with Gasteiger partial charge in [0.25, 0.3) is 0 Å². The van der Waals surface area contributed by atoms with Crippen LogP contribution in [0.5, 0.6) is 0 Å². The summed E-state index contributed by atoms with van der Waals surface area (Å²) in [4.78, 5) is 0. The van der Waals surface area contributed by atoms with Crippen molar-refractivity contribution in [2.45, 2.75) is 62.4 Å². The molecule has 1 saturated heterocycles. The SMILES string of the molecule is CO[Si](CC(CN)C1CCC2OC2C1)(OC)OC(CCN)(CCN)CCN. The highest BCUT2D eigenvalue weighted by atomic mass is 28.4. The van der Waals surface area contributed by atoms with Gasteiger partial charge in [-0.2, -0.15) is 0 Å². The normalized spacial score (nSPS) is 26.7. The zero-order chi connectivity index (χ0) is 19.9. The van der Waals surface area contributed by atoms with Crippen LogP contribution in [0.25, 0.3) is 0 Å². The fourth-order valence-electron chi connectivity index (χ4n) is 4.65. The molecule has 8 nitrogen and oxygen atoms in total. The van der Waals surface area contributed by atoms with Crippen LogP contribution in [-0.4, -0.2) is 67.0 Å². The van der Waals surface area contributed by atoms with Crippen LogP contribution >= 0.6 is 0 Å². The van der Waals surface area contributed by atoms with Gasteiger partial charge in [-0.05, 0) is 76.5 Å². The van der Waals surface area contributed by atoms with E-state index >= 15 is 0 Å². The topological polar surface area (TPSA) is 144 Å². The fraction of sp³-hybridized carbons (Fsp3) is 1.00. The Labute approximate surface area is 164 Å². The van der Waals surface area contributed by atoms with Gasteiger partial charge in [0.05, 0.1) is 17.8 Å². The molecule has 0 radical (unpaired) electrons. The first-order valence-corrected chi connectivity index (χ1v) is 12.2. The lowest BCUT2D eigenvalue weighted by molar-refractivity contribution is -0.0328. The third kappa shape index (κ3) is 5.94. The summed E-state index contributed by atoms with van der Waals surface area (Å²) < 4.78 is 24.2. The van der Waals surface area contributed by atoms with E-state index in [1.54, 1.807) is 14.2 Å². The van der Waals surface area contributed by atoms with Crippen molar-refractivity contribution in [1.82, 2.24) is 0 Å². The first kappa shape index (κ1) is 23.2. The third-order valence-electron chi connectivity index (χ3n) is 6.32. The van der Waals surface area contributed by atoms with Gasteiger partial charge in [-0.1, -0.05) is 0 Å². The van der Waals surface area contributed by atoms with Gasteiger partial charge >= 0.3 is 8.80 Å². The molecule has 4 atom stereocenters. The predicted molar refractivity (Wildman–Crippen MR) is 108 cm³/mol. The van der Waals surface area contributed by atoms with Crippen molar-refractivity contribution in [2.24, 2.45) is 34.8 Å². The molecule has 2 rings (SSSR count). The van der Waals surface area contributed by atoms with E-state index in [0.717, 1.165) is 19.3 Å². The van der Waals surface area contributed by atoms with Crippen molar-refractivity contribution in [3.8, 4) is 0 Å². The lowest BCUT2D eigenvalue weighted by Crippen LogP contribution is -2.55. The lowest BCUT2D eigenvalue weighted by atomic mass is 9.81. The van der Waals surface area contributed by atoms with Gasteiger partial charge < -0.3 is 40.9 Å². The van der Waals surface area contributed by atoms with E-state index in [4.69, 9.17) is 40.9 Å². The first-order chi connectivity index (χ1) is 13.0. The van der Waals surface area contributed by atoms with Crippen molar-refractivity contribution in [2.75, 3.05) is 40.4 Å². The number of nitrogens with two attached hydrogens (primary N) is 4. The number of hydrogen-bond donors (Lipinski definition) is 4. The molecule has 1 heterocycles. The Bertz CT molecular complexity index is 425. The quantitative estimate of drug-likeness (QED) is 0.237. The van der Waals surface area contributed by atoms with E-state index < -0.39 is 14.4 Å². The van der Waals surface area contributed by atoms with E-state index in [-0.39, 0.29) is 5.92 Å². The molecule has 2 aliphatic rings. The van der Waals surface area contributed by atoms with Gasteiger partial charge in [-0.15, -0.1) is 0 Å². The Balaban J connectivity index is 2.14. The Morgan fingerprint density at radius 3 is 2.00 bits per heavy atom. The van der Waals surface area contributed by atoms with Crippen molar-refractivity contribution < 1.29 is 18.0 Å². The summed E-state index contributed by atoms with van der Waals surface area (Å²) in [6.07, 6.45) is 6.27. The summed E-state index contributed by atoms with van der Waals surface area (Å²) in [7, 11) is 0.383. The summed E-state index contributed by atoms with van der Waals surface area (Å²) in [6.45, 7) is 2.09. The van der Waals surface area contributed by atoms with Gasteiger partial charge in [-0.25, -0.2) is 0 Å². The summed E-state index contributed by atoms with van der Waals surface area (Å²) in [5.74, 6) is 0.806. The van der Waals surface area contributed by atoms with Crippen LogP contribution < -0.4 is 22.9 Å². The maximum Gasteiger partial charge on any atom is 0.501 e. The fourth-order valence-corrected chi connectivity index (χ4v) is 7.51. The van der Waals surface area contributed by atoms with Gasteiger partial charge in [0.15, 0.2) is 0 Å². The summed E-state index contributed by atoms with van der Waals surface area (Å²) in [5, 5.41) is 0. The van der Waals surface area contributed by atoms with E-state index in [1.807, 2.05) is 0 Å². The van der Waals surface area contributed by atoms with Crippen LogP contribution in [0.4, 0.5) is 0 Å². The molecule has 0 bridgehead atoms.